The molecule has 0 radical (unpaired) electrons. The Kier molecular flexibility index (Phi) is 6.02. The van der Waals surface area contributed by atoms with Crippen LogP contribution < -0.4 is 19.8 Å². The highest BCUT2D eigenvalue weighted by atomic mass is 16.7. The predicted molar refractivity (Wildman–Crippen MR) is 132 cm³/mol. The lowest BCUT2D eigenvalue weighted by Gasteiger charge is -2.28. The molecule has 10 nitrogen and oxygen atoms in total. The Labute approximate surface area is 207 Å². The van der Waals surface area contributed by atoms with Gasteiger partial charge in [0.2, 0.25) is 6.79 Å². The molecule has 1 saturated carbocycles. The fourth-order valence-electron chi connectivity index (χ4n) is 5.11. The summed E-state index contributed by atoms with van der Waals surface area (Å²) in [7, 11) is 1.65. The topological polar surface area (TPSA) is 107 Å². The van der Waals surface area contributed by atoms with E-state index < -0.39 is 0 Å². The molecule has 2 aliphatic rings. The standard InChI is InChI=1S/C26H28N6O4/c1-34-21-8-6-17(7-9-21)13-32-25(28-29-30-32)15-31(20-4-2-3-5-20)14-19-10-18-11-23-24(36-16-35-23)12-22(18)27-26(19)33/h6-12,20H,2-5,13-16H2,1H3,(H,27,33). The first-order chi connectivity index (χ1) is 17.7. The van der Waals surface area contributed by atoms with E-state index in [1.54, 1.807) is 7.11 Å². The van der Waals surface area contributed by atoms with E-state index in [0.717, 1.165) is 40.9 Å². The van der Waals surface area contributed by atoms with Crippen molar-refractivity contribution in [2.45, 2.75) is 51.4 Å². The van der Waals surface area contributed by atoms with Crippen LogP contribution >= 0.6 is 0 Å². The number of aromatic nitrogens is 5. The molecule has 1 aliphatic carbocycles. The molecule has 0 unspecified atom stereocenters. The summed E-state index contributed by atoms with van der Waals surface area (Å²) in [5.41, 5.74) is 2.44. The van der Waals surface area contributed by atoms with Gasteiger partial charge < -0.3 is 19.2 Å². The van der Waals surface area contributed by atoms with Crippen molar-refractivity contribution in [3.63, 3.8) is 0 Å². The van der Waals surface area contributed by atoms with Crippen LogP contribution in [0.15, 0.2) is 47.3 Å². The maximum Gasteiger partial charge on any atom is 0.252 e. The number of hydrogen-bond acceptors (Lipinski definition) is 8. The lowest BCUT2D eigenvalue weighted by molar-refractivity contribution is 0.172. The first kappa shape index (κ1) is 22.5. The van der Waals surface area contributed by atoms with E-state index in [1.165, 1.54) is 12.8 Å². The minimum atomic E-state index is -0.0952. The monoisotopic (exact) mass is 488 g/mol. The molecule has 1 N–H and O–H groups in total. The first-order valence-electron chi connectivity index (χ1n) is 12.2. The molecule has 2 aromatic heterocycles. The van der Waals surface area contributed by atoms with E-state index in [2.05, 4.69) is 25.4 Å². The quantitative estimate of drug-likeness (QED) is 0.403. The molecule has 0 bridgehead atoms. The SMILES string of the molecule is COc1ccc(Cn2nnnc2CN(Cc2cc3cc4c(cc3[nH]c2=O)OCO4)C2CCCC2)cc1. The summed E-state index contributed by atoms with van der Waals surface area (Å²) < 4.78 is 18.1. The molecule has 0 spiro atoms. The van der Waals surface area contributed by atoms with Crippen LogP contribution in [0.3, 0.4) is 0 Å². The van der Waals surface area contributed by atoms with E-state index in [4.69, 9.17) is 14.2 Å². The van der Waals surface area contributed by atoms with E-state index in [9.17, 15) is 4.79 Å². The number of tetrazole rings is 1. The minimum Gasteiger partial charge on any atom is -0.497 e. The number of rotatable bonds is 8. The summed E-state index contributed by atoms with van der Waals surface area (Å²) >= 11 is 0. The molecule has 1 fully saturated rings. The molecule has 186 valence electrons. The lowest BCUT2D eigenvalue weighted by atomic mass is 10.1. The van der Waals surface area contributed by atoms with Gasteiger partial charge in [-0.05, 0) is 53.1 Å². The van der Waals surface area contributed by atoms with Crippen LogP contribution in [0.25, 0.3) is 10.9 Å². The van der Waals surface area contributed by atoms with Crippen molar-refractivity contribution < 1.29 is 14.2 Å². The van der Waals surface area contributed by atoms with Crippen LogP contribution in [-0.2, 0) is 19.6 Å². The fraction of sp³-hybridized carbons (Fsp3) is 0.385. The van der Waals surface area contributed by atoms with Gasteiger partial charge in [-0.15, -0.1) is 5.10 Å². The molecule has 0 amide bonds. The Morgan fingerprint density at radius 3 is 2.64 bits per heavy atom. The number of benzene rings is 2. The number of H-pyrrole nitrogens is 1. The van der Waals surface area contributed by atoms with Crippen LogP contribution in [0, 0.1) is 0 Å². The average Bonchev–Trinajstić information content (AvgIpc) is 3.66. The van der Waals surface area contributed by atoms with Gasteiger partial charge in [-0.3, -0.25) is 9.69 Å². The number of methoxy groups -OCH3 is 1. The van der Waals surface area contributed by atoms with Crippen molar-refractivity contribution in [1.82, 2.24) is 30.1 Å². The van der Waals surface area contributed by atoms with E-state index in [-0.39, 0.29) is 12.4 Å². The van der Waals surface area contributed by atoms with Gasteiger partial charge in [0.1, 0.15) is 5.75 Å². The van der Waals surface area contributed by atoms with Crippen molar-refractivity contribution in [1.29, 1.82) is 0 Å². The molecule has 2 aromatic carbocycles. The third-order valence-electron chi connectivity index (χ3n) is 7.07. The molecule has 3 heterocycles. The van der Waals surface area contributed by atoms with Crippen LogP contribution in [0.5, 0.6) is 17.2 Å². The average molecular weight is 489 g/mol. The zero-order valence-electron chi connectivity index (χ0n) is 20.1. The predicted octanol–water partition coefficient (Wildman–Crippen LogP) is 3.25. The molecule has 6 rings (SSSR count). The summed E-state index contributed by atoms with van der Waals surface area (Å²) in [5.74, 6) is 2.94. The summed E-state index contributed by atoms with van der Waals surface area (Å²) in [6.07, 6.45) is 4.58. The normalized spacial score (nSPS) is 15.3. The largest absolute Gasteiger partial charge is 0.497 e. The van der Waals surface area contributed by atoms with Gasteiger partial charge in [-0.1, -0.05) is 25.0 Å². The van der Waals surface area contributed by atoms with E-state index in [1.807, 2.05) is 47.1 Å². The van der Waals surface area contributed by atoms with Gasteiger partial charge in [0.15, 0.2) is 17.3 Å². The number of pyridine rings is 1. The first-order valence-corrected chi connectivity index (χ1v) is 12.2. The molecular weight excluding hydrogens is 460 g/mol. The zero-order valence-corrected chi connectivity index (χ0v) is 20.1. The third kappa shape index (κ3) is 4.51. The number of nitrogens with one attached hydrogen (secondary N) is 1. The summed E-state index contributed by atoms with van der Waals surface area (Å²) in [5, 5.41) is 13.4. The highest BCUT2D eigenvalue weighted by Gasteiger charge is 2.26. The number of ether oxygens (including phenoxy) is 3. The van der Waals surface area contributed by atoms with Crippen molar-refractivity contribution in [2.75, 3.05) is 13.9 Å². The highest BCUT2D eigenvalue weighted by Crippen LogP contribution is 2.35. The molecule has 36 heavy (non-hydrogen) atoms. The van der Waals surface area contributed by atoms with E-state index >= 15 is 0 Å². The fourth-order valence-corrected chi connectivity index (χ4v) is 5.11. The third-order valence-corrected chi connectivity index (χ3v) is 7.07. The van der Waals surface area contributed by atoms with Crippen molar-refractivity contribution in [3.8, 4) is 17.2 Å². The van der Waals surface area contributed by atoms with Crippen LogP contribution in [0.1, 0.15) is 42.6 Å². The molecular formula is C26H28N6O4. The molecule has 0 atom stereocenters. The van der Waals surface area contributed by atoms with Gasteiger partial charge in [-0.25, -0.2) is 4.68 Å². The Morgan fingerprint density at radius 2 is 1.86 bits per heavy atom. The maximum absolute atomic E-state index is 13.0. The van der Waals surface area contributed by atoms with Gasteiger partial charge in [0.05, 0.1) is 25.7 Å². The van der Waals surface area contributed by atoms with Gasteiger partial charge in [-0.2, -0.15) is 0 Å². The Hall–Kier alpha value is -3.92. The minimum absolute atomic E-state index is 0.0952. The van der Waals surface area contributed by atoms with Crippen LogP contribution in [-0.4, -0.2) is 50.0 Å². The number of nitrogens with zero attached hydrogens (tertiary/aromatic N) is 5. The van der Waals surface area contributed by atoms with Crippen molar-refractivity contribution >= 4 is 10.9 Å². The second-order valence-corrected chi connectivity index (χ2v) is 9.36. The van der Waals surface area contributed by atoms with Crippen molar-refractivity contribution in [2.24, 2.45) is 0 Å². The maximum atomic E-state index is 13.0. The molecule has 10 heteroatoms. The van der Waals surface area contributed by atoms with Crippen LogP contribution in [0.4, 0.5) is 0 Å². The second kappa shape index (κ2) is 9.62. The molecule has 0 saturated heterocycles. The molecule has 4 aromatic rings. The Bertz CT molecular complexity index is 1420. The number of aromatic amines is 1. The Balaban J connectivity index is 1.26. The van der Waals surface area contributed by atoms with Crippen LogP contribution in [0.2, 0.25) is 0 Å². The number of fused-ring (bicyclic) bond motifs is 2. The van der Waals surface area contributed by atoms with Crippen molar-refractivity contribution in [3.05, 3.63) is 69.8 Å². The summed E-state index contributed by atoms with van der Waals surface area (Å²) in [4.78, 5) is 18.4. The zero-order chi connectivity index (χ0) is 24.5. The Morgan fingerprint density at radius 1 is 1.08 bits per heavy atom. The van der Waals surface area contributed by atoms with Gasteiger partial charge >= 0.3 is 0 Å². The summed E-state index contributed by atoms with van der Waals surface area (Å²) in [6, 6.07) is 14.0. The lowest BCUT2D eigenvalue weighted by Crippen LogP contribution is -2.35. The van der Waals surface area contributed by atoms with Gasteiger partial charge in [0, 0.05) is 29.6 Å². The molecule has 1 aliphatic heterocycles. The highest BCUT2D eigenvalue weighted by molar-refractivity contribution is 5.83. The summed E-state index contributed by atoms with van der Waals surface area (Å²) in [6.45, 7) is 1.84. The smallest absolute Gasteiger partial charge is 0.252 e. The number of hydrogen-bond donors (Lipinski definition) is 1. The van der Waals surface area contributed by atoms with E-state index in [0.29, 0.717) is 42.7 Å². The second-order valence-electron chi connectivity index (χ2n) is 9.36. The van der Waals surface area contributed by atoms with Gasteiger partial charge in [0.25, 0.3) is 5.56 Å².